The summed E-state index contributed by atoms with van der Waals surface area (Å²) < 4.78 is 19.8. The summed E-state index contributed by atoms with van der Waals surface area (Å²) in [4.78, 5) is 12.1. The van der Waals surface area contributed by atoms with Gasteiger partial charge >= 0.3 is 0 Å². The molecule has 0 bridgehead atoms. The van der Waals surface area contributed by atoms with Gasteiger partial charge in [0.1, 0.15) is 17.3 Å². The molecule has 102 valence electrons. The van der Waals surface area contributed by atoms with Crippen molar-refractivity contribution in [3.8, 4) is 11.3 Å². The van der Waals surface area contributed by atoms with E-state index in [4.69, 9.17) is 4.52 Å². The average Bonchev–Trinajstić information content (AvgIpc) is 2.82. The van der Waals surface area contributed by atoms with Gasteiger partial charge < -0.3 is 4.52 Å². The van der Waals surface area contributed by atoms with Crippen molar-refractivity contribution in [3.63, 3.8) is 0 Å². The van der Waals surface area contributed by atoms with E-state index in [9.17, 15) is 9.18 Å². The molecule has 0 N–H and O–H groups in total. The van der Waals surface area contributed by atoms with Gasteiger partial charge in [-0.1, -0.05) is 17.3 Å². The van der Waals surface area contributed by atoms with Crippen molar-refractivity contribution in [1.82, 2.24) is 14.9 Å². The summed E-state index contributed by atoms with van der Waals surface area (Å²) in [5.74, 6) is 0.132. The van der Waals surface area contributed by atoms with Gasteiger partial charge in [0.2, 0.25) is 0 Å². The number of hydrogen-bond acceptors (Lipinski definition) is 4. The van der Waals surface area contributed by atoms with Gasteiger partial charge in [-0.15, -0.1) is 0 Å². The van der Waals surface area contributed by atoms with E-state index in [1.54, 1.807) is 19.1 Å². The molecule has 0 saturated heterocycles. The van der Waals surface area contributed by atoms with Crippen LogP contribution in [0.15, 0.2) is 33.6 Å². The number of nitrogens with zero attached hydrogens (tertiary/aromatic N) is 3. The minimum Gasteiger partial charge on any atom is -0.360 e. The average molecular weight is 273 g/mol. The Morgan fingerprint density at radius 2 is 2.20 bits per heavy atom. The van der Waals surface area contributed by atoms with E-state index in [2.05, 4.69) is 10.3 Å². The number of benzene rings is 1. The second kappa shape index (κ2) is 4.56. The Morgan fingerprint density at radius 1 is 1.40 bits per heavy atom. The van der Waals surface area contributed by atoms with Crippen LogP contribution in [0.4, 0.5) is 4.39 Å². The van der Waals surface area contributed by atoms with Crippen LogP contribution in [-0.4, -0.2) is 14.9 Å². The first kappa shape index (κ1) is 12.5. The van der Waals surface area contributed by atoms with Crippen LogP contribution in [0.2, 0.25) is 0 Å². The van der Waals surface area contributed by atoms with Crippen molar-refractivity contribution in [1.29, 1.82) is 0 Å². The number of aromatic nitrogens is 3. The van der Waals surface area contributed by atoms with Gasteiger partial charge in [0.05, 0.1) is 5.39 Å². The van der Waals surface area contributed by atoms with Crippen LogP contribution in [0.1, 0.15) is 12.7 Å². The zero-order valence-corrected chi connectivity index (χ0v) is 11.1. The van der Waals surface area contributed by atoms with Crippen molar-refractivity contribution in [2.24, 2.45) is 0 Å². The molecular formula is C14H12FN3O2. The molecule has 2 aromatic heterocycles. The Balaban J connectivity index is 2.43. The Morgan fingerprint density at radius 3 is 2.90 bits per heavy atom. The molecule has 0 unspecified atom stereocenters. The van der Waals surface area contributed by atoms with Crippen molar-refractivity contribution in [3.05, 3.63) is 46.2 Å². The van der Waals surface area contributed by atoms with E-state index in [1.165, 1.54) is 16.8 Å². The summed E-state index contributed by atoms with van der Waals surface area (Å²) in [5, 5.41) is 8.63. The zero-order chi connectivity index (χ0) is 14.3. The maximum atomic E-state index is 13.4. The molecule has 0 aliphatic heterocycles. The molecule has 5 nitrogen and oxygen atoms in total. The molecule has 6 heteroatoms. The van der Waals surface area contributed by atoms with E-state index in [0.717, 1.165) is 0 Å². The maximum absolute atomic E-state index is 13.4. The molecule has 0 fully saturated rings. The number of rotatable bonds is 2. The highest BCUT2D eigenvalue weighted by Crippen LogP contribution is 2.27. The summed E-state index contributed by atoms with van der Waals surface area (Å²) in [5.41, 5.74) is 1.00. The monoisotopic (exact) mass is 273 g/mol. The normalized spacial score (nSPS) is 11.2. The first-order chi connectivity index (χ1) is 9.61. The first-order valence-corrected chi connectivity index (χ1v) is 6.25. The third-order valence-corrected chi connectivity index (χ3v) is 3.15. The summed E-state index contributed by atoms with van der Waals surface area (Å²) in [6.45, 7) is 3.92. The van der Waals surface area contributed by atoms with E-state index < -0.39 is 0 Å². The molecule has 0 radical (unpaired) electrons. The third-order valence-electron chi connectivity index (χ3n) is 3.15. The number of halogens is 1. The zero-order valence-electron chi connectivity index (χ0n) is 11.1. The smallest absolute Gasteiger partial charge is 0.296 e. The highest BCUT2D eigenvalue weighted by Gasteiger charge is 2.18. The second-order valence-corrected chi connectivity index (χ2v) is 4.44. The van der Waals surface area contributed by atoms with Crippen molar-refractivity contribution in [2.45, 2.75) is 20.4 Å². The largest absolute Gasteiger partial charge is 0.360 e. The van der Waals surface area contributed by atoms with Gasteiger partial charge in [-0.3, -0.25) is 4.79 Å². The van der Waals surface area contributed by atoms with E-state index >= 15 is 0 Å². The van der Waals surface area contributed by atoms with Crippen LogP contribution in [0.25, 0.3) is 22.2 Å². The molecule has 3 aromatic rings. The Hall–Kier alpha value is -2.50. The lowest BCUT2D eigenvalue weighted by atomic mass is 10.1. The molecule has 1 aromatic carbocycles. The molecule has 0 aliphatic rings. The van der Waals surface area contributed by atoms with Crippen molar-refractivity contribution < 1.29 is 8.91 Å². The van der Waals surface area contributed by atoms with Gasteiger partial charge in [-0.25, -0.2) is 9.07 Å². The fourth-order valence-electron chi connectivity index (χ4n) is 2.19. The van der Waals surface area contributed by atoms with Gasteiger partial charge in [0.25, 0.3) is 5.56 Å². The van der Waals surface area contributed by atoms with Gasteiger partial charge in [-0.05, 0) is 26.0 Å². The Labute approximate surface area is 113 Å². The lowest BCUT2D eigenvalue weighted by Crippen LogP contribution is -2.23. The summed E-state index contributed by atoms with van der Waals surface area (Å²) in [6.07, 6.45) is 0. The van der Waals surface area contributed by atoms with Crippen LogP contribution in [0.3, 0.4) is 0 Å². The molecule has 0 aliphatic carbocycles. The lowest BCUT2D eigenvalue weighted by Gasteiger charge is -2.06. The van der Waals surface area contributed by atoms with Gasteiger partial charge in [0, 0.05) is 12.1 Å². The van der Waals surface area contributed by atoms with Crippen LogP contribution in [0, 0.1) is 12.7 Å². The fourth-order valence-corrected chi connectivity index (χ4v) is 2.19. The van der Waals surface area contributed by atoms with Crippen LogP contribution >= 0.6 is 0 Å². The van der Waals surface area contributed by atoms with E-state index in [0.29, 0.717) is 28.9 Å². The molecule has 0 spiro atoms. The third kappa shape index (κ3) is 1.80. The predicted molar refractivity (Wildman–Crippen MR) is 71.9 cm³/mol. The van der Waals surface area contributed by atoms with Crippen molar-refractivity contribution in [2.75, 3.05) is 0 Å². The summed E-state index contributed by atoms with van der Waals surface area (Å²) in [6, 6.07) is 6.07. The van der Waals surface area contributed by atoms with Gasteiger partial charge in [0.15, 0.2) is 5.52 Å². The number of hydrogen-bond donors (Lipinski definition) is 0. The standard InChI is InChI=1S/C14H12FN3O2/c1-3-18-14(19)13-11(8(2)20-17-13)12(16-18)9-5-4-6-10(15)7-9/h4-7H,3H2,1-2H3. The molecular weight excluding hydrogens is 261 g/mol. The number of aryl methyl sites for hydroxylation is 2. The summed E-state index contributed by atoms with van der Waals surface area (Å²) in [7, 11) is 0. The lowest BCUT2D eigenvalue weighted by molar-refractivity contribution is 0.405. The molecule has 2 heterocycles. The quantitative estimate of drug-likeness (QED) is 0.719. The van der Waals surface area contributed by atoms with Gasteiger partial charge in [-0.2, -0.15) is 5.10 Å². The topological polar surface area (TPSA) is 60.9 Å². The second-order valence-electron chi connectivity index (χ2n) is 4.44. The first-order valence-electron chi connectivity index (χ1n) is 6.25. The maximum Gasteiger partial charge on any atom is 0.296 e. The van der Waals surface area contributed by atoms with Crippen LogP contribution in [-0.2, 0) is 6.54 Å². The molecule has 3 rings (SSSR count). The Bertz CT molecular complexity index is 851. The van der Waals surface area contributed by atoms with E-state index in [1.807, 2.05) is 6.92 Å². The number of fused-ring (bicyclic) bond motifs is 1. The fraction of sp³-hybridized carbons (Fsp3) is 0.214. The molecule has 0 saturated carbocycles. The van der Waals surface area contributed by atoms with Crippen LogP contribution in [0.5, 0.6) is 0 Å². The summed E-state index contributed by atoms with van der Waals surface area (Å²) >= 11 is 0. The highest BCUT2D eigenvalue weighted by atomic mass is 19.1. The predicted octanol–water partition coefficient (Wildman–Crippen LogP) is 2.52. The molecule has 0 amide bonds. The highest BCUT2D eigenvalue weighted by molar-refractivity contribution is 5.92. The molecule has 0 atom stereocenters. The molecule has 20 heavy (non-hydrogen) atoms. The van der Waals surface area contributed by atoms with E-state index in [-0.39, 0.29) is 16.9 Å². The van der Waals surface area contributed by atoms with Crippen molar-refractivity contribution >= 4 is 10.9 Å². The Kier molecular flexibility index (Phi) is 2.85. The minimum atomic E-state index is -0.360. The van der Waals surface area contributed by atoms with Crippen LogP contribution < -0.4 is 5.56 Å². The SMILES string of the molecule is CCn1nc(-c2cccc(F)c2)c2c(C)onc2c1=O. The minimum absolute atomic E-state index is 0.221.